The normalized spacial score (nSPS) is 10.6. The van der Waals surface area contributed by atoms with Crippen LogP contribution in [-0.4, -0.2) is 11.1 Å². The molecule has 0 aliphatic heterocycles. The summed E-state index contributed by atoms with van der Waals surface area (Å²) < 4.78 is 1.18. The first kappa shape index (κ1) is 13.6. The molecule has 96 valence electrons. The van der Waals surface area contributed by atoms with E-state index in [1.807, 2.05) is 36.4 Å². The second kappa shape index (κ2) is 6.38. The first-order chi connectivity index (χ1) is 9.15. The molecule has 4 heteroatoms. The van der Waals surface area contributed by atoms with Gasteiger partial charge in [0.05, 0.1) is 5.56 Å². The van der Waals surface area contributed by atoms with Crippen molar-refractivity contribution in [3.63, 3.8) is 0 Å². The summed E-state index contributed by atoms with van der Waals surface area (Å²) in [5.74, 6) is -0.916. The van der Waals surface area contributed by atoms with Crippen LogP contribution in [0.3, 0.4) is 0 Å². The summed E-state index contributed by atoms with van der Waals surface area (Å²) in [6.07, 6.45) is 3.63. The summed E-state index contributed by atoms with van der Waals surface area (Å²) in [5, 5.41) is 12.0. The molecule has 0 aliphatic carbocycles. The van der Waals surface area contributed by atoms with Gasteiger partial charge in [0.25, 0.3) is 0 Å². The van der Waals surface area contributed by atoms with Gasteiger partial charge in [0, 0.05) is 15.5 Å². The van der Waals surface area contributed by atoms with E-state index < -0.39 is 5.97 Å². The largest absolute Gasteiger partial charge is 0.478 e. The van der Waals surface area contributed by atoms with Gasteiger partial charge in [-0.1, -0.05) is 12.1 Å². The van der Waals surface area contributed by atoms with Crippen LogP contribution in [-0.2, 0) is 0 Å². The molecule has 0 amide bonds. The lowest BCUT2D eigenvalue weighted by Crippen LogP contribution is -1.95. The average Bonchev–Trinajstić information content (AvgIpc) is 2.41. The van der Waals surface area contributed by atoms with Crippen LogP contribution >= 0.6 is 22.6 Å². The molecule has 2 N–H and O–H groups in total. The minimum absolute atomic E-state index is 0.288. The van der Waals surface area contributed by atoms with Crippen LogP contribution < -0.4 is 5.32 Å². The van der Waals surface area contributed by atoms with Crippen LogP contribution in [0.2, 0.25) is 0 Å². The molecular formula is C15H12INO2. The lowest BCUT2D eigenvalue weighted by molar-refractivity contribution is 0.0697. The lowest BCUT2D eigenvalue weighted by Gasteiger charge is -2.01. The highest BCUT2D eigenvalue weighted by atomic mass is 127. The second-order valence-electron chi connectivity index (χ2n) is 3.92. The number of carbonyl (C=O) groups is 1. The number of hydrogen-bond donors (Lipinski definition) is 2. The van der Waals surface area contributed by atoms with Gasteiger partial charge in [-0.2, -0.15) is 0 Å². The highest BCUT2D eigenvalue weighted by Gasteiger charge is 2.00. The Morgan fingerprint density at radius 1 is 1.16 bits per heavy atom. The van der Waals surface area contributed by atoms with Gasteiger partial charge < -0.3 is 10.4 Å². The molecular weight excluding hydrogens is 353 g/mol. The fourth-order valence-corrected chi connectivity index (χ4v) is 1.92. The van der Waals surface area contributed by atoms with Gasteiger partial charge >= 0.3 is 5.97 Å². The number of carboxylic acids is 1. The summed E-state index contributed by atoms with van der Waals surface area (Å²) in [7, 11) is 0. The molecule has 2 aromatic carbocycles. The third-order valence-electron chi connectivity index (χ3n) is 2.50. The number of nitrogens with one attached hydrogen (secondary N) is 1. The summed E-state index contributed by atoms with van der Waals surface area (Å²) in [4.78, 5) is 10.8. The van der Waals surface area contributed by atoms with Gasteiger partial charge in [-0.3, -0.25) is 0 Å². The topological polar surface area (TPSA) is 49.3 Å². The van der Waals surface area contributed by atoms with Gasteiger partial charge in [0.1, 0.15) is 0 Å². The van der Waals surface area contributed by atoms with Crippen molar-refractivity contribution in [2.75, 3.05) is 5.32 Å². The number of carboxylic acid groups (broad SMARTS) is 1. The third-order valence-corrected chi connectivity index (χ3v) is 3.22. The third kappa shape index (κ3) is 4.10. The highest BCUT2D eigenvalue weighted by molar-refractivity contribution is 14.1. The summed E-state index contributed by atoms with van der Waals surface area (Å²) in [6, 6.07) is 14.8. The number of halogens is 1. The van der Waals surface area contributed by atoms with E-state index in [2.05, 4.69) is 27.9 Å². The first-order valence-electron chi connectivity index (χ1n) is 5.67. The van der Waals surface area contributed by atoms with E-state index in [4.69, 9.17) is 5.11 Å². The van der Waals surface area contributed by atoms with E-state index in [0.717, 1.165) is 11.3 Å². The number of hydrogen-bond acceptors (Lipinski definition) is 2. The molecule has 0 aromatic heterocycles. The summed E-state index contributed by atoms with van der Waals surface area (Å²) in [5.41, 5.74) is 2.13. The van der Waals surface area contributed by atoms with Crippen molar-refractivity contribution in [1.29, 1.82) is 0 Å². The van der Waals surface area contributed by atoms with Gasteiger partial charge in [0.2, 0.25) is 0 Å². The van der Waals surface area contributed by atoms with E-state index in [-0.39, 0.29) is 5.56 Å². The Bertz CT molecular complexity index is 606. The molecule has 2 rings (SSSR count). The van der Waals surface area contributed by atoms with E-state index in [1.165, 1.54) is 3.57 Å². The molecule has 0 aliphatic rings. The Kier molecular flexibility index (Phi) is 4.57. The van der Waals surface area contributed by atoms with E-state index in [9.17, 15) is 4.79 Å². The predicted molar refractivity (Wildman–Crippen MR) is 85.2 cm³/mol. The van der Waals surface area contributed by atoms with Gasteiger partial charge in [0.15, 0.2) is 0 Å². The van der Waals surface area contributed by atoms with Gasteiger partial charge in [-0.15, -0.1) is 0 Å². The van der Waals surface area contributed by atoms with E-state index >= 15 is 0 Å². The summed E-state index contributed by atoms with van der Waals surface area (Å²) in [6.45, 7) is 0. The van der Waals surface area contributed by atoms with Crippen molar-refractivity contribution >= 4 is 40.3 Å². The van der Waals surface area contributed by atoms with Gasteiger partial charge in [-0.05, 0) is 70.6 Å². The zero-order chi connectivity index (χ0) is 13.7. The van der Waals surface area contributed by atoms with E-state index in [0.29, 0.717) is 0 Å². The van der Waals surface area contributed by atoms with Crippen molar-refractivity contribution in [2.45, 2.75) is 0 Å². The zero-order valence-corrected chi connectivity index (χ0v) is 12.2. The van der Waals surface area contributed by atoms with Crippen LogP contribution in [0.25, 0.3) is 6.08 Å². The fraction of sp³-hybridized carbons (Fsp3) is 0. The molecule has 0 saturated heterocycles. The Balaban J connectivity index is 2.04. The molecule has 0 spiro atoms. The first-order valence-corrected chi connectivity index (χ1v) is 6.75. The highest BCUT2D eigenvalue weighted by Crippen LogP contribution is 2.12. The molecule has 0 unspecified atom stereocenters. The van der Waals surface area contributed by atoms with Crippen LogP contribution in [0.1, 0.15) is 15.9 Å². The standard InChI is InChI=1S/C15H12INO2/c16-13-4-6-14(7-5-13)17-9-8-11-2-1-3-12(10-11)15(18)19/h1-10,17H,(H,18,19). The maximum Gasteiger partial charge on any atom is 0.335 e. The molecule has 0 heterocycles. The number of anilines is 1. The average molecular weight is 365 g/mol. The fourth-order valence-electron chi connectivity index (χ4n) is 1.56. The second-order valence-corrected chi connectivity index (χ2v) is 5.16. The van der Waals surface area contributed by atoms with Crippen molar-refractivity contribution in [2.24, 2.45) is 0 Å². The molecule has 0 atom stereocenters. The van der Waals surface area contributed by atoms with Crippen molar-refractivity contribution < 1.29 is 9.90 Å². The van der Waals surface area contributed by atoms with Crippen molar-refractivity contribution in [1.82, 2.24) is 0 Å². The maximum atomic E-state index is 10.8. The van der Waals surface area contributed by atoms with Crippen LogP contribution in [0.5, 0.6) is 0 Å². The Hall–Kier alpha value is -1.82. The van der Waals surface area contributed by atoms with Crippen molar-refractivity contribution in [3.8, 4) is 0 Å². The molecule has 2 aromatic rings. The van der Waals surface area contributed by atoms with Crippen LogP contribution in [0.4, 0.5) is 5.69 Å². The lowest BCUT2D eigenvalue weighted by atomic mass is 10.1. The number of rotatable bonds is 4. The van der Waals surface area contributed by atoms with Crippen LogP contribution in [0.15, 0.2) is 54.7 Å². The number of aromatic carboxylic acids is 1. The Morgan fingerprint density at radius 2 is 1.89 bits per heavy atom. The monoisotopic (exact) mass is 365 g/mol. The van der Waals surface area contributed by atoms with Gasteiger partial charge in [-0.25, -0.2) is 4.79 Å². The predicted octanol–water partition coefficient (Wildman–Crippen LogP) is 4.07. The molecule has 0 fully saturated rings. The van der Waals surface area contributed by atoms with Crippen molar-refractivity contribution in [3.05, 3.63) is 69.4 Å². The van der Waals surface area contributed by atoms with E-state index in [1.54, 1.807) is 24.4 Å². The Morgan fingerprint density at radius 3 is 2.58 bits per heavy atom. The maximum absolute atomic E-state index is 10.8. The smallest absolute Gasteiger partial charge is 0.335 e. The summed E-state index contributed by atoms with van der Waals surface area (Å²) >= 11 is 2.25. The SMILES string of the molecule is O=C(O)c1cccc(C=CNc2ccc(I)cc2)c1. The number of benzene rings is 2. The molecule has 0 bridgehead atoms. The molecule has 0 saturated carbocycles. The zero-order valence-electron chi connectivity index (χ0n) is 10.0. The molecule has 3 nitrogen and oxygen atoms in total. The Labute approximate surface area is 125 Å². The minimum Gasteiger partial charge on any atom is -0.478 e. The molecule has 19 heavy (non-hydrogen) atoms. The minimum atomic E-state index is -0.916. The van der Waals surface area contributed by atoms with Crippen LogP contribution in [0, 0.1) is 3.57 Å². The quantitative estimate of drug-likeness (QED) is 0.803. The molecule has 0 radical (unpaired) electrons.